The highest BCUT2D eigenvalue weighted by atomic mass is 32.2. The number of hydrogen-bond acceptors (Lipinski definition) is 3. The second-order valence-corrected chi connectivity index (χ2v) is 4.51. The normalized spacial score (nSPS) is 39.8. The first-order chi connectivity index (χ1) is 5.31. The summed E-state index contributed by atoms with van der Waals surface area (Å²) >= 11 is 1.90. The molecule has 0 N–H and O–H groups in total. The topological polar surface area (TPSA) is 6.48 Å². The zero-order valence-corrected chi connectivity index (χ0v) is 8.10. The average Bonchev–Trinajstić information content (AvgIpc) is 2.53. The number of rotatable bonds is 1. The second-order valence-electron chi connectivity index (χ2n) is 3.63. The Hall–Kier alpha value is 0.270. The van der Waals surface area contributed by atoms with Gasteiger partial charge in [0.1, 0.15) is 0 Å². The highest BCUT2D eigenvalue weighted by molar-refractivity contribution is 7.96. The van der Waals surface area contributed by atoms with Gasteiger partial charge < -0.3 is 4.90 Å². The van der Waals surface area contributed by atoms with Crippen molar-refractivity contribution in [3.05, 3.63) is 0 Å². The second kappa shape index (κ2) is 2.96. The molecule has 2 rings (SSSR count). The summed E-state index contributed by atoms with van der Waals surface area (Å²) in [6.07, 6.45) is 3.60. The Morgan fingerprint density at radius 2 is 2.18 bits per heavy atom. The minimum absolute atomic E-state index is 0.863. The summed E-state index contributed by atoms with van der Waals surface area (Å²) in [5.74, 6) is 0.965. The third-order valence-corrected chi connectivity index (χ3v) is 3.86. The molecular formula is C8H16N2S. The SMILES string of the molecule is CSN1CC2CCN(C)C2C1. The monoisotopic (exact) mass is 172 g/mol. The highest BCUT2D eigenvalue weighted by Gasteiger charge is 2.39. The van der Waals surface area contributed by atoms with Crippen LogP contribution in [0.25, 0.3) is 0 Å². The van der Waals surface area contributed by atoms with Gasteiger partial charge in [0.05, 0.1) is 0 Å². The van der Waals surface area contributed by atoms with E-state index in [-0.39, 0.29) is 0 Å². The Bertz CT molecular complexity index is 151. The third-order valence-electron chi connectivity index (χ3n) is 3.05. The third kappa shape index (κ3) is 1.30. The molecule has 0 spiro atoms. The molecule has 0 saturated carbocycles. The van der Waals surface area contributed by atoms with Gasteiger partial charge in [0, 0.05) is 19.1 Å². The summed E-state index contributed by atoms with van der Waals surface area (Å²) in [4.78, 5) is 2.51. The molecule has 2 heterocycles. The molecule has 2 fully saturated rings. The molecule has 0 amide bonds. The minimum Gasteiger partial charge on any atom is -0.302 e. The predicted molar refractivity (Wildman–Crippen MR) is 49.6 cm³/mol. The lowest BCUT2D eigenvalue weighted by atomic mass is 10.1. The molecule has 11 heavy (non-hydrogen) atoms. The Labute approximate surface area is 73.1 Å². The van der Waals surface area contributed by atoms with Crippen molar-refractivity contribution >= 4 is 11.9 Å². The van der Waals surface area contributed by atoms with E-state index in [1.54, 1.807) is 0 Å². The van der Waals surface area contributed by atoms with Crippen LogP contribution in [0.1, 0.15) is 6.42 Å². The number of likely N-dealkylation sites (N-methyl/N-ethyl adjacent to an activating group) is 1. The van der Waals surface area contributed by atoms with Gasteiger partial charge in [-0.15, -0.1) is 0 Å². The van der Waals surface area contributed by atoms with Crippen molar-refractivity contribution in [2.75, 3.05) is 32.9 Å². The molecule has 2 atom stereocenters. The Morgan fingerprint density at radius 1 is 1.36 bits per heavy atom. The average molecular weight is 172 g/mol. The molecule has 2 aliphatic heterocycles. The van der Waals surface area contributed by atoms with Crippen LogP contribution in [0, 0.1) is 5.92 Å². The fourth-order valence-corrected chi connectivity index (χ4v) is 2.93. The lowest BCUT2D eigenvalue weighted by Crippen LogP contribution is -2.30. The summed E-state index contributed by atoms with van der Waals surface area (Å²) in [6, 6.07) is 0.863. The van der Waals surface area contributed by atoms with E-state index in [2.05, 4.69) is 22.5 Å². The summed E-state index contributed by atoms with van der Waals surface area (Å²) in [7, 11) is 2.26. The Balaban J connectivity index is 1.98. The quantitative estimate of drug-likeness (QED) is 0.543. The van der Waals surface area contributed by atoms with Crippen molar-refractivity contribution < 1.29 is 0 Å². The van der Waals surface area contributed by atoms with Crippen LogP contribution in [0.15, 0.2) is 0 Å². The molecule has 0 aromatic heterocycles. The van der Waals surface area contributed by atoms with Gasteiger partial charge in [-0.2, -0.15) is 0 Å². The molecule has 2 saturated heterocycles. The molecule has 3 heteroatoms. The maximum Gasteiger partial charge on any atom is 0.0270 e. The first-order valence-corrected chi connectivity index (χ1v) is 5.48. The van der Waals surface area contributed by atoms with Gasteiger partial charge in [-0.25, -0.2) is 4.31 Å². The van der Waals surface area contributed by atoms with Crippen LogP contribution in [0.2, 0.25) is 0 Å². The van der Waals surface area contributed by atoms with Gasteiger partial charge in [-0.1, -0.05) is 11.9 Å². The van der Waals surface area contributed by atoms with Crippen molar-refractivity contribution in [1.29, 1.82) is 0 Å². The van der Waals surface area contributed by atoms with Crippen LogP contribution < -0.4 is 0 Å². The molecule has 0 aromatic carbocycles. The van der Waals surface area contributed by atoms with E-state index in [0.717, 1.165) is 12.0 Å². The number of hydrogen-bond donors (Lipinski definition) is 0. The zero-order valence-electron chi connectivity index (χ0n) is 7.29. The molecule has 2 nitrogen and oxygen atoms in total. The summed E-state index contributed by atoms with van der Waals surface area (Å²) in [5.41, 5.74) is 0. The lowest BCUT2D eigenvalue weighted by molar-refractivity contribution is 0.300. The van der Waals surface area contributed by atoms with Crippen molar-refractivity contribution in [1.82, 2.24) is 9.21 Å². The van der Waals surface area contributed by atoms with Crippen LogP contribution in [0.5, 0.6) is 0 Å². The molecule has 2 aliphatic rings. The fraction of sp³-hybridized carbons (Fsp3) is 1.00. The molecule has 2 unspecified atom stereocenters. The van der Waals surface area contributed by atoms with Crippen molar-refractivity contribution in [3.63, 3.8) is 0 Å². The van der Waals surface area contributed by atoms with E-state index in [1.165, 1.54) is 26.1 Å². The van der Waals surface area contributed by atoms with E-state index < -0.39 is 0 Å². The standard InChI is InChI=1S/C8H16N2S/c1-9-4-3-7-5-10(11-2)6-8(7)9/h7-8H,3-6H2,1-2H3. The van der Waals surface area contributed by atoms with Crippen molar-refractivity contribution in [2.24, 2.45) is 5.92 Å². The molecule has 0 radical (unpaired) electrons. The van der Waals surface area contributed by atoms with Crippen LogP contribution in [0.4, 0.5) is 0 Å². The molecule has 0 bridgehead atoms. The van der Waals surface area contributed by atoms with E-state index >= 15 is 0 Å². The lowest BCUT2D eigenvalue weighted by Gasteiger charge is -2.18. The Kier molecular flexibility index (Phi) is 2.12. The Morgan fingerprint density at radius 3 is 2.82 bits per heavy atom. The number of likely N-dealkylation sites (tertiary alicyclic amines) is 1. The van der Waals surface area contributed by atoms with E-state index in [9.17, 15) is 0 Å². The maximum atomic E-state index is 2.51. The molecule has 0 aliphatic carbocycles. The van der Waals surface area contributed by atoms with Gasteiger partial charge in [-0.05, 0) is 32.2 Å². The van der Waals surface area contributed by atoms with Crippen molar-refractivity contribution in [3.8, 4) is 0 Å². The van der Waals surface area contributed by atoms with E-state index in [1.807, 2.05) is 11.9 Å². The molecular weight excluding hydrogens is 156 g/mol. The van der Waals surface area contributed by atoms with Gasteiger partial charge in [0.25, 0.3) is 0 Å². The van der Waals surface area contributed by atoms with Crippen LogP contribution in [-0.4, -0.2) is 48.2 Å². The zero-order chi connectivity index (χ0) is 7.84. The van der Waals surface area contributed by atoms with Crippen LogP contribution >= 0.6 is 11.9 Å². The maximum absolute atomic E-state index is 2.51. The summed E-state index contributed by atoms with van der Waals surface area (Å²) < 4.78 is 2.49. The van der Waals surface area contributed by atoms with Crippen molar-refractivity contribution in [2.45, 2.75) is 12.5 Å². The van der Waals surface area contributed by atoms with Gasteiger partial charge in [0.2, 0.25) is 0 Å². The number of fused-ring (bicyclic) bond motifs is 1. The minimum atomic E-state index is 0.863. The van der Waals surface area contributed by atoms with E-state index in [0.29, 0.717) is 0 Å². The highest BCUT2D eigenvalue weighted by Crippen LogP contribution is 2.32. The van der Waals surface area contributed by atoms with Gasteiger partial charge >= 0.3 is 0 Å². The smallest absolute Gasteiger partial charge is 0.0270 e. The van der Waals surface area contributed by atoms with Crippen LogP contribution in [0.3, 0.4) is 0 Å². The molecule has 64 valence electrons. The summed E-state index contributed by atoms with van der Waals surface area (Å²) in [5, 5.41) is 0. The van der Waals surface area contributed by atoms with Gasteiger partial charge in [-0.3, -0.25) is 0 Å². The van der Waals surface area contributed by atoms with E-state index in [4.69, 9.17) is 0 Å². The largest absolute Gasteiger partial charge is 0.302 e. The fourth-order valence-electron chi connectivity index (χ4n) is 2.28. The first-order valence-electron chi connectivity index (χ1n) is 4.30. The van der Waals surface area contributed by atoms with Crippen LogP contribution in [-0.2, 0) is 0 Å². The first kappa shape index (κ1) is 7.90. The molecule has 0 aromatic rings. The number of nitrogens with zero attached hydrogens (tertiary/aromatic N) is 2. The van der Waals surface area contributed by atoms with Gasteiger partial charge in [0.15, 0.2) is 0 Å². The summed E-state index contributed by atoms with van der Waals surface area (Å²) in [6.45, 7) is 3.91. The predicted octanol–water partition coefficient (Wildman–Crippen LogP) is 0.900.